The van der Waals surface area contributed by atoms with Crippen LogP contribution in [0.25, 0.3) is 11.0 Å². The first-order valence-electron chi connectivity index (χ1n) is 9.31. The first kappa shape index (κ1) is 18.5. The van der Waals surface area contributed by atoms with E-state index in [-0.39, 0.29) is 11.3 Å². The molecule has 0 saturated heterocycles. The zero-order valence-electron chi connectivity index (χ0n) is 15.8. The van der Waals surface area contributed by atoms with Gasteiger partial charge in [0.2, 0.25) is 0 Å². The minimum Gasteiger partial charge on any atom is -0.506 e. The molecule has 0 fully saturated rings. The van der Waals surface area contributed by atoms with Crippen LogP contribution < -0.4 is 10.9 Å². The number of nitrogens with zero attached hydrogens (tertiary/aromatic N) is 2. The van der Waals surface area contributed by atoms with E-state index in [0.717, 1.165) is 17.5 Å². The molecule has 0 spiro atoms. The minimum absolute atomic E-state index is 0.312. The highest BCUT2D eigenvalue weighted by Gasteiger charge is 2.21. The largest absolute Gasteiger partial charge is 0.506 e. The molecule has 7 heteroatoms. The molecule has 0 saturated carbocycles. The van der Waals surface area contributed by atoms with Crippen molar-refractivity contribution in [3.8, 4) is 5.75 Å². The number of aromatic hydroxyl groups is 1. The van der Waals surface area contributed by atoms with Crippen molar-refractivity contribution >= 4 is 22.6 Å². The SMILES string of the molecule is CCc1ccc(NC(=O)c2c(O)c3cnn(Cc4ccccc4)c3[nH]c2=O)cc1. The monoisotopic (exact) mass is 388 g/mol. The van der Waals surface area contributed by atoms with Gasteiger partial charge in [0.1, 0.15) is 17.0 Å². The van der Waals surface area contributed by atoms with Gasteiger partial charge in [-0.15, -0.1) is 0 Å². The second-order valence-corrected chi connectivity index (χ2v) is 6.73. The van der Waals surface area contributed by atoms with Crippen LogP contribution in [-0.4, -0.2) is 25.8 Å². The number of rotatable bonds is 5. The van der Waals surface area contributed by atoms with Crippen molar-refractivity contribution in [2.24, 2.45) is 0 Å². The molecule has 2 aromatic carbocycles. The molecule has 4 aromatic rings. The van der Waals surface area contributed by atoms with Crippen LogP contribution in [0.5, 0.6) is 5.75 Å². The number of aryl methyl sites for hydroxylation is 1. The van der Waals surface area contributed by atoms with Crippen molar-refractivity contribution in [2.75, 3.05) is 5.32 Å². The van der Waals surface area contributed by atoms with Gasteiger partial charge in [-0.25, -0.2) is 4.68 Å². The molecule has 0 bridgehead atoms. The summed E-state index contributed by atoms with van der Waals surface area (Å²) in [6, 6.07) is 16.9. The fourth-order valence-electron chi connectivity index (χ4n) is 3.21. The standard InChI is InChI=1S/C22H20N4O3/c1-2-14-8-10-16(11-9-14)24-21(28)18-19(27)17-12-23-26(20(17)25-22(18)29)13-15-6-4-3-5-7-15/h3-12H,2,13H2,1H3,(H,24,28)(H2,25,27,29). The van der Waals surface area contributed by atoms with Gasteiger partial charge >= 0.3 is 0 Å². The molecule has 0 aliphatic heterocycles. The van der Waals surface area contributed by atoms with E-state index >= 15 is 0 Å². The van der Waals surface area contributed by atoms with Crippen molar-refractivity contribution in [1.29, 1.82) is 0 Å². The molecule has 2 aromatic heterocycles. The van der Waals surface area contributed by atoms with Gasteiger partial charge in [0, 0.05) is 5.69 Å². The quantitative estimate of drug-likeness (QED) is 0.488. The average molecular weight is 388 g/mol. The summed E-state index contributed by atoms with van der Waals surface area (Å²) in [5.41, 5.74) is 2.03. The van der Waals surface area contributed by atoms with Gasteiger partial charge in [0.05, 0.1) is 18.1 Å². The van der Waals surface area contributed by atoms with Crippen LogP contribution in [0.1, 0.15) is 28.4 Å². The van der Waals surface area contributed by atoms with Crippen molar-refractivity contribution < 1.29 is 9.90 Å². The van der Waals surface area contributed by atoms with E-state index in [1.165, 1.54) is 6.20 Å². The normalized spacial score (nSPS) is 10.9. The molecule has 7 nitrogen and oxygen atoms in total. The number of anilines is 1. The number of fused-ring (bicyclic) bond motifs is 1. The third-order valence-electron chi connectivity index (χ3n) is 4.81. The lowest BCUT2D eigenvalue weighted by Gasteiger charge is -2.08. The molecule has 0 aliphatic rings. The molecule has 146 valence electrons. The van der Waals surface area contributed by atoms with Crippen molar-refractivity contribution in [2.45, 2.75) is 19.9 Å². The molecule has 0 radical (unpaired) electrons. The number of hydrogen-bond acceptors (Lipinski definition) is 4. The van der Waals surface area contributed by atoms with E-state index in [4.69, 9.17) is 0 Å². The predicted octanol–water partition coefficient (Wildman–Crippen LogP) is 3.29. The van der Waals surface area contributed by atoms with Crippen LogP contribution in [0.15, 0.2) is 65.6 Å². The van der Waals surface area contributed by atoms with Gasteiger partial charge in [-0.2, -0.15) is 5.10 Å². The molecule has 4 rings (SSSR count). The summed E-state index contributed by atoms with van der Waals surface area (Å²) < 4.78 is 1.58. The van der Waals surface area contributed by atoms with Gasteiger partial charge < -0.3 is 15.4 Å². The van der Waals surface area contributed by atoms with E-state index in [1.54, 1.807) is 16.8 Å². The summed E-state index contributed by atoms with van der Waals surface area (Å²) in [6.45, 7) is 2.47. The summed E-state index contributed by atoms with van der Waals surface area (Å²) in [5, 5.41) is 17.8. The van der Waals surface area contributed by atoms with Crippen LogP contribution in [0.2, 0.25) is 0 Å². The van der Waals surface area contributed by atoms with E-state index in [9.17, 15) is 14.7 Å². The summed E-state index contributed by atoms with van der Waals surface area (Å²) >= 11 is 0. The molecule has 0 atom stereocenters. The summed E-state index contributed by atoms with van der Waals surface area (Å²) in [7, 11) is 0. The molecule has 1 amide bonds. The lowest BCUT2D eigenvalue weighted by atomic mass is 10.1. The number of carbonyl (C=O) groups is 1. The zero-order valence-corrected chi connectivity index (χ0v) is 15.8. The number of benzene rings is 2. The fourth-order valence-corrected chi connectivity index (χ4v) is 3.21. The Hall–Kier alpha value is -3.87. The number of H-pyrrole nitrogens is 1. The van der Waals surface area contributed by atoms with Gasteiger partial charge in [0.25, 0.3) is 11.5 Å². The minimum atomic E-state index is -0.675. The second-order valence-electron chi connectivity index (χ2n) is 6.73. The van der Waals surface area contributed by atoms with E-state index < -0.39 is 11.5 Å². The van der Waals surface area contributed by atoms with Crippen LogP contribution in [0, 0.1) is 0 Å². The molecular formula is C22H20N4O3. The number of pyridine rings is 1. The third-order valence-corrected chi connectivity index (χ3v) is 4.81. The van der Waals surface area contributed by atoms with Gasteiger partial charge in [-0.05, 0) is 29.7 Å². The summed E-state index contributed by atoms with van der Waals surface area (Å²) in [6.07, 6.45) is 2.33. The number of carbonyl (C=O) groups excluding carboxylic acids is 1. The molecule has 0 aliphatic carbocycles. The Morgan fingerprint density at radius 1 is 1.10 bits per heavy atom. The Bertz CT molecular complexity index is 1220. The van der Waals surface area contributed by atoms with E-state index in [1.807, 2.05) is 49.4 Å². The maximum atomic E-state index is 12.6. The first-order chi connectivity index (χ1) is 14.1. The van der Waals surface area contributed by atoms with Gasteiger partial charge in [-0.3, -0.25) is 9.59 Å². The maximum absolute atomic E-state index is 12.6. The first-order valence-corrected chi connectivity index (χ1v) is 9.31. The van der Waals surface area contributed by atoms with Crippen LogP contribution in [0.4, 0.5) is 5.69 Å². The Kier molecular flexibility index (Phi) is 4.87. The van der Waals surface area contributed by atoms with Crippen molar-refractivity contribution in [3.63, 3.8) is 0 Å². The Balaban J connectivity index is 1.66. The molecule has 29 heavy (non-hydrogen) atoms. The summed E-state index contributed by atoms with van der Waals surface area (Å²) in [5.74, 6) is -1.06. The molecular weight excluding hydrogens is 368 g/mol. The Labute approximate surface area is 166 Å². The van der Waals surface area contributed by atoms with E-state index in [2.05, 4.69) is 15.4 Å². The number of amides is 1. The highest BCUT2D eigenvalue weighted by Crippen LogP contribution is 2.25. The fraction of sp³-hybridized carbons (Fsp3) is 0.136. The van der Waals surface area contributed by atoms with Crippen LogP contribution >= 0.6 is 0 Å². The lowest BCUT2D eigenvalue weighted by Crippen LogP contribution is -2.24. The highest BCUT2D eigenvalue weighted by atomic mass is 16.3. The molecule has 0 unspecified atom stereocenters. The van der Waals surface area contributed by atoms with Crippen molar-refractivity contribution in [3.05, 3.63) is 87.8 Å². The molecule has 3 N–H and O–H groups in total. The van der Waals surface area contributed by atoms with Crippen LogP contribution in [-0.2, 0) is 13.0 Å². The van der Waals surface area contributed by atoms with Gasteiger partial charge in [-0.1, -0.05) is 49.4 Å². The topological polar surface area (TPSA) is 100 Å². The average Bonchev–Trinajstić information content (AvgIpc) is 3.12. The number of aromatic nitrogens is 3. The second kappa shape index (κ2) is 7.63. The predicted molar refractivity (Wildman–Crippen MR) is 111 cm³/mol. The Morgan fingerprint density at radius 2 is 1.83 bits per heavy atom. The highest BCUT2D eigenvalue weighted by molar-refractivity contribution is 6.08. The van der Waals surface area contributed by atoms with Crippen LogP contribution in [0.3, 0.4) is 0 Å². The zero-order chi connectivity index (χ0) is 20.4. The lowest BCUT2D eigenvalue weighted by molar-refractivity contribution is 0.102. The van der Waals surface area contributed by atoms with E-state index in [0.29, 0.717) is 23.3 Å². The number of aromatic amines is 1. The third kappa shape index (κ3) is 3.62. The molecule has 2 heterocycles. The van der Waals surface area contributed by atoms with Crippen molar-refractivity contribution in [1.82, 2.24) is 14.8 Å². The maximum Gasteiger partial charge on any atom is 0.266 e. The summed E-state index contributed by atoms with van der Waals surface area (Å²) in [4.78, 5) is 27.9. The van der Waals surface area contributed by atoms with Gasteiger partial charge in [0.15, 0.2) is 0 Å². The number of nitrogens with one attached hydrogen (secondary N) is 2. The smallest absolute Gasteiger partial charge is 0.266 e. The number of hydrogen-bond donors (Lipinski definition) is 3. The Morgan fingerprint density at radius 3 is 2.52 bits per heavy atom.